The van der Waals surface area contributed by atoms with E-state index in [2.05, 4.69) is 74.7 Å². The van der Waals surface area contributed by atoms with Crippen molar-refractivity contribution in [2.24, 2.45) is 5.41 Å². The van der Waals surface area contributed by atoms with Gasteiger partial charge in [0.25, 0.3) is 15.6 Å². The van der Waals surface area contributed by atoms with Crippen LogP contribution in [0.3, 0.4) is 0 Å². The number of phosphoric ester groups is 3. The topological polar surface area (TPSA) is 395 Å². The molecule has 8 atom stereocenters. The van der Waals surface area contributed by atoms with Crippen molar-refractivity contribution in [3.63, 3.8) is 0 Å². The number of nitrogens with two attached hydrogens (primary N) is 1. The van der Waals surface area contributed by atoms with E-state index in [1.807, 2.05) is 0 Å². The summed E-state index contributed by atoms with van der Waals surface area (Å²) in [6.45, 7) is 2.04. The van der Waals surface area contributed by atoms with Gasteiger partial charge in [-0.15, -0.1) is 0 Å². The Morgan fingerprint density at radius 1 is 1.02 bits per heavy atom. The number of amides is 2. The Balaban J connectivity index is 1.37. The van der Waals surface area contributed by atoms with Gasteiger partial charge in [-0.2, -0.15) is 0 Å². The van der Waals surface area contributed by atoms with Gasteiger partial charge in [0.2, 0.25) is 11.8 Å². The highest BCUT2D eigenvalue weighted by atomic mass is 32.2. The molecule has 0 aromatic carbocycles. The smallest absolute Gasteiger partial charge is 0.274 e. The van der Waals surface area contributed by atoms with E-state index in [0.29, 0.717) is 6.42 Å². The number of imidazole rings is 1. The first kappa shape index (κ1) is 55.3. The predicted octanol–water partition coefficient (Wildman–Crippen LogP) is -0.639. The van der Waals surface area contributed by atoms with Crippen LogP contribution in [-0.4, -0.2) is 114 Å². The van der Waals surface area contributed by atoms with Crippen molar-refractivity contribution < 1.29 is 85.6 Å². The maximum atomic E-state index is 12.6. The van der Waals surface area contributed by atoms with Crippen LogP contribution in [0.15, 0.2) is 37.0 Å². The van der Waals surface area contributed by atoms with E-state index < -0.39 is 90.7 Å². The van der Waals surface area contributed by atoms with Crippen molar-refractivity contribution in [1.29, 1.82) is 0 Å². The molecule has 2 aromatic rings. The van der Waals surface area contributed by atoms with Gasteiger partial charge < -0.3 is 74.1 Å². The van der Waals surface area contributed by atoms with Gasteiger partial charge in [0.1, 0.15) is 36.3 Å². The molecular formula is C35H54N7O18P3S-4. The second-order valence-electron chi connectivity index (χ2n) is 14.9. The molecule has 64 heavy (non-hydrogen) atoms. The molecular weight excluding hydrogens is 931 g/mol. The average Bonchev–Trinajstić information content (AvgIpc) is 3.76. The Hall–Kier alpha value is -3.00. The minimum Gasteiger partial charge on any atom is -0.790 e. The lowest BCUT2D eigenvalue weighted by molar-refractivity contribution is -0.347. The number of anilines is 1. The zero-order valence-electron chi connectivity index (χ0n) is 35.2. The first-order chi connectivity index (χ1) is 29.9. The van der Waals surface area contributed by atoms with Crippen molar-refractivity contribution in [1.82, 2.24) is 30.2 Å². The molecule has 2 unspecified atom stereocenters. The fraction of sp³-hybridized carbons (Fsp3) is 0.657. The largest absolute Gasteiger partial charge is 0.790 e. The van der Waals surface area contributed by atoms with Gasteiger partial charge >= 0.3 is 0 Å². The van der Waals surface area contributed by atoms with Crippen LogP contribution in [0.1, 0.15) is 78.4 Å². The van der Waals surface area contributed by atoms with Gasteiger partial charge in [0.15, 0.2) is 22.8 Å². The minimum absolute atomic E-state index is 0.0113. The number of allylic oxidation sites excluding steroid dienone is 4. The van der Waals surface area contributed by atoms with Crippen LogP contribution in [-0.2, 0) is 50.7 Å². The SMILES string of the molecule is CC/C=C\C/C=C\CCCC[C@@H](O)CC(=O)SCCNC(=O)CCNC(=O)[C@H](O)C(C)(C)COP(=O)([O-])OP(=O)([O-])OC[C@H]1O[C@@H](n2cnc3c(N)ncnc32)[C@H](O)[C@@H]1OP(=O)([O-])[O-]. The van der Waals surface area contributed by atoms with Crippen LogP contribution in [0.5, 0.6) is 0 Å². The van der Waals surface area contributed by atoms with Crippen molar-refractivity contribution in [2.45, 2.75) is 109 Å². The van der Waals surface area contributed by atoms with E-state index in [-0.39, 0.29) is 53.8 Å². The number of unbranched alkanes of at least 4 members (excludes halogenated alkanes) is 2. The molecule has 3 heterocycles. The van der Waals surface area contributed by atoms with Gasteiger partial charge in [-0.1, -0.05) is 63.3 Å². The second kappa shape index (κ2) is 25.8. The Morgan fingerprint density at radius 3 is 2.42 bits per heavy atom. The van der Waals surface area contributed by atoms with Crippen LogP contribution < -0.4 is 35.9 Å². The highest BCUT2D eigenvalue weighted by Gasteiger charge is 2.47. The van der Waals surface area contributed by atoms with E-state index in [0.717, 1.165) is 61.1 Å². The maximum Gasteiger partial charge on any atom is 0.274 e. The number of nitrogen functional groups attached to an aromatic ring is 1. The highest BCUT2D eigenvalue weighted by molar-refractivity contribution is 8.13. The number of hydrogen-bond donors (Lipinski definition) is 6. The Kier molecular flexibility index (Phi) is 22.3. The molecule has 1 aliphatic heterocycles. The zero-order valence-corrected chi connectivity index (χ0v) is 38.7. The molecule has 0 saturated carbocycles. The first-order valence-corrected chi connectivity index (χ1v) is 25.3. The summed E-state index contributed by atoms with van der Waals surface area (Å²) in [5.41, 5.74) is 4.05. The molecule has 3 rings (SSSR count). The third-order valence-electron chi connectivity index (χ3n) is 9.14. The fourth-order valence-electron chi connectivity index (χ4n) is 5.82. The quantitative estimate of drug-likeness (QED) is 0.0335. The second-order valence-corrected chi connectivity index (χ2v) is 20.1. The van der Waals surface area contributed by atoms with E-state index >= 15 is 0 Å². The minimum atomic E-state index is -5.93. The molecule has 0 spiro atoms. The zero-order chi connectivity index (χ0) is 47.7. The molecule has 7 N–H and O–H groups in total. The molecule has 362 valence electrons. The summed E-state index contributed by atoms with van der Waals surface area (Å²) in [4.78, 5) is 96.6. The molecule has 25 nitrogen and oxygen atoms in total. The van der Waals surface area contributed by atoms with Gasteiger partial charge in [-0.05, 0) is 32.1 Å². The lowest BCUT2D eigenvalue weighted by atomic mass is 9.87. The summed E-state index contributed by atoms with van der Waals surface area (Å²) in [5.74, 6) is -1.36. The summed E-state index contributed by atoms with van der Waals surface area (Å²) in [7, 11) is -17.6. The summed E-state index contributed by atoms with van der Waals surface area (Å²) < 4.78 is 60.7. The molecule has 0 radical (unpaired) electrons. The standard InChI is InChI=1S/C35H58N7O18P3S/c1-4-5-6-7-8-9-10-11-12-13-23(43)18-26(45)64-17-16-37-25(44)14-15-38-33(48)30(47)35(2,3)20-57-63(54,55)60-62(52,53)56-19-24-29(59-61(49,50)51)28(46)34(58-24)42-22-41-27-31(36)39-21-40-32(27)42/h5-6,8-9,21-24,28-30,34,43,46-47H,4,7,10-20H2,1-3H3,(H,37,44)(H,38,48)(H,52,53)(H,54,55)(H2,36,39,40)(H2,49,50,51)/p-4/b6-5-,9-8-/t23-,24-,28-,29-,30+,34-/m1/s1. The normalized spacial score (nSPS) is 21.2. The van der Waals surface area contributed by atoms with Crippen LogP contribution in [0, 0.1) is 5.41 Å². The van der Waals surface area contributed by atoms with E-state index in [9.17, 15) is 63.0 Å². The third kappa shape index (κ3) is 19.1. The number of aliphatic hydroxyl groups is 3. The van der Waals surface area contributed by atoms with Crippen LogP contribution >= 0.6 is 35.2 Å². The van der Waals surface area contributed by atoms with E-state index in [1.54, 1.807) is 0 Å². The molecule has 2 aromatic heterocycles. The van der Waals surface area contributed by atoms with Gasteiger partial charge in [-0.25, -0.2) is 19.3 Å². The number of rotatable bonds is 29. The maximum absolute atomic E-state index is 12.6. The number of phosphoric acid groups is 3. The Bertz CT molecular complexity index is 2060. The lowest BCUT2D eigenvalue weighted by Crippen LogP contribution is -2.46. The first-order valence-electron chi connectivity index (χ1n) is 19.9. The fourth-order valence-corrected chi connectivity index (χ4v) is 9.30. The van der Waals surface area contributed by atoms with Crippen molar-refractivity contribution in [2.75, 3.05) is 37.8 Å². The monoisotopic (exact) mass is 985 g/mol. The summed E-state index contributed by atoms with van der Waals surface area (Å²) >= 11 is 0.966. The number of nitrogens with zero attached hydrogens (tertiary/aromatic N) is 4. The van der Waals surface area contributed by atoms with E-state index in [1.165, 1.54) is 13.8 Å². The van der Waals surface area contributed by atoms with E-state index in [4.69, 9.17) is 10.5 Å². The van der Waals surface area contributed by atoms with Crippen molar-refractivity contribution in [3.05, 3.63) is 37.0 Å². The molecule has 1 fully saturated rings. The van der Waals surface area contributed by atoms with Gasteiger partial charge in [0, 0.05) is 37.1 Å². The lowest BCUT2D eigenvalue weighted by Gasteiger charge is -2.36. The number of carbonyl (C=O) groups is 3. The summed E-state index contributed by atoms with van der Waals surface area (Å²) in [6, 6.07) is 0. The predicted molar refractivity (Wildman–Crippen MR) is 221 cm³/mol. The molecule has 1 aliphatic rings. The number of aliphatic hydroxyl groups excluding tert-OH is 3. The number of nitrogens with one attached hydrogen (secondary N) is 2. The number of fused-ring (bicyclic) bond motifs is 1. The van der Waals surface area contributed by atoms with Gasteiger partial charge in [-0.3, -0.25) is 28.1 Å². The molecule has 0 aliphatic carbocycles. The molecule has 1 saturated heterocycles. The molecule has 29 heteroatoms. The highest BCUT2D eigenvalue weighted by Crippen LogP contribution is 2.56. The molecule has 0 bridgehead atoms. The van der Waals surface area contributed by atoms with Crippen LogP contribution in [0.4, 0.5) is 5.82 Å². The number of thioether (sulfide) groups is 1. The Labute approximate surface area is 373 Å². The number of ether oxygens (including phenoxy) is 1. The van der Waals surface area contributed by atoms with Crippen LogP contribution in [0.2, 0.25) is 0 Å². The number of carbonyl (C=O) groups excluding carboxylic acids is 3. The number of hydrogen-bond acceptors (Lipinski definition) is 23. The van der Waals surface area contributed by atoms with Crippen molar-refractivity contribution >= 4 is 69.1 Å². The summed E-state index contributed by atoms with van der Waals surface area (Å²) in [5, 5.41) is 36.2. The third-order valence-corrected chi connectivity index (χ3v) is 13.1. The summed E-state index contributed by atoms with van der Waals surface area (Å²) in [6.07, 6.45) is 4.92. The van der Waals surface area contributed by atoms with Crippen LogP contribution in [0.25, 0.3) is 11.2 Å². The Morgan fingerprint density at radius 2 is 1.72 bits per heavy atom. The van der Waals surface area contributed by atoms with Crippen molar-refractivity contribution in [3.8, 4) is 0 Å². The van der Waals surface area contributed by atoms with Gasteiger partial charge in [0.05, 0.1) is 33.5 Å². The molecule has 2 amide bonds. The number of aromatic nitrogens is 4. The average molecular weight is 986 g/mol.